The van der Waals surface area contributed by atoms with Gasteiger partial charge in [-0.1, -0.05) is 12.1 Å². The summed E-state index contributed by atoms with van der Waals surface area (Å²) in [6, 6.07) is 13.2. The van der Waals surface area contributed by atoms with E-state index in [1.807, 2.05) is 42.0 Å². The second-order valence-electron chi connectivity index (χ2n) is 6.40. The van der Waals surface area contributed by atoms with E-state index in [0.29, 0.717) is 5.69 Å². The molecule has 150 valence electrons. The first kappa shape index (κ1) is 20.6. The van der Waals surface area contributed by atoms with Crippen LogP contribution in [0.15, 0.2) is 67.3 Å². The van der Waals surface area contributed by atoms with E-state index >= 15 is 0 Å². The molecular formula is C21H21FN4O2S. The van der Waals surface area contributed by atoms with Crippen molar-refractivity contribution in [2.45, 2.75) is 13.0 Å². The van der Waals surface area contributed by atoms with Gasteiger partial charge in [-0.15, -0.1) is 11.8 Å². The number of thioether (sulfide) groups is 1. The van der Waals surface area contributed by atoms with Gasteiger partial charge in [0, 0.05) is 23.8 Å². The minimum Gasteiger partial charge on any atom is -0.349 e. The molecule has 0 saturated carbocycles. The fourth-order valence-electron chi connectivity index (χ4n) is 2.68. The lowest BCUT2D eigenvalue weighted by Crippen LogP contribution is -2.28. The van der Waals surface area contributed by atoms with E-state index in [1.54, 1.807) is 12.5 Å². The smallest absolute Gasteiger partial charge is 0.234 e. The number of rotatable bonds is 8. The van der Waals surface area contributed by atoms with Crippen molar-refractivity contribution in [2.75, 3.05) is 16.8 Å². The Bertz CT molecular complexity index is 944. The van der Waals surface area contributed by atoms with Crippen LogP contribution in [0.3, 0.4) is 0 Å². The normalized spacial score (nSPS) is 11.7. The number of anilines is 1. The second kappa shape index (κ2) is 9.88. The SMILES string of the molecule is CC(NC(=O)CSCC(=O)Nc1ccc(F)cc1)c1ccc(-n2ccnc2)cc1. The maximum Gasteiger partial charge on any atom is 0.234 e. The number of hydrogen-bond acceptors (Lipinski definition) is 4. The van der Waals surface area contributed by atoms with Gasteiger partial charge in [0.1, 0.15) is 5.82 Å². The summed E-state index contributed by atoms with van der Waals surface area (Å²) in [5, 5.41) is 5.59. The van der Waals surface area contributed by atoms with E-state index in [2.05, 4.69) is 15.6 Å². The molecule has 0 aliphatic rings. The highest BCUT2D eigenvalue weighted by molar-refractivity contribution is 8.00. The third-order valence-electron chi connectivity index (χ3n) is 4.17. The van der Waals surface area contributed by atoms with Crippen LogP contribution in [0.5, 0.6) is 0 Å². The zero-order chi connectivity index (χ0) is 20.6. The number of imidazole rings is 1. The summed E-state index contributed by atoms with van der Waals surface area (Å²) < 4.78 is 14.8. The van der Waals surface area contributed by atoms with Gasteiger partial charge < -0.3 is 15.2 Å². The zero-order valence-electron chi connectivity index (χ0n) is 15.8. The summed E-state index contributed by atoms with van der Waals surface area (Å²) in [4.78, 5) is 28.1. The molecule has 0 aliphatic heterocycles. The van der Waals surface area contributed by atoms with Crippen molar-refractivity contribution in [1.29, 1.82) is 0 Å². The van der Waals surface area contributed by atoms with E-state index in [0.717, 1.165) is 11.3 Å². The summed E-state index contributed by atoms with van der Waals surface area (Å²) in [6.45, 7) is 1.91. The Balaban J connectivity index is 1.40. The van der Waals surface area contributed by atoms with Crippen LogP contribution in [0.2, 0.25) is 0 Å². The molecule has 2 N–H and O–H groups in total. The summed E-state index contributed by atoms with van der Waals surface area (Å²) in [5.41, 5.74) is 2.50. The minimum absolute atomic E-state index is 0.138. The highest BCUT2D eigenvalue weighted by Crippen LogP contribution is 2.16. The first-order chi connectivity index (χ1) is 14.0. The molecule has 1 unspecified atom stereocenters. The largest absolute Gasteiger partial charge is 0.349 e. The van der Waals surface area contributed by atoms with Crippen LogP contribution in [-0.2, 0) is 9.59 Å². The number of carbonyl (C=O) groups is 2. The van der Waals surface area contributed by atoms with Crippen molar-refractivity contribution in [2.24, 2.45) is 0 Å². The van der Waals surface area contributed by atoms with Crippen LogP contribution >= 0.6 is 11.8 Å². The topological polar surface area (TPSA) is 76.0 Å². The van der Waals surface area contributed by atoms with Gasteiger partial charge in [-0.25, -0.2) is 9.37 Å². The molecule has 0 fully saturated rings. The first-order valence-corrected chi connectivity index (χ1v) is 10.2. The van der Waals surface area contributed by atoms with Gasteiger partial charge in [-0.3, -0.25) is 9.59 Å². The van der Waals surface area contributed by atoms with E-state index < -0.39 is 0 Å². The molecule has 3 aromatic rings. The Morgan fingerprint density at radius 2 is 1.76 bits per heavy atom. The van der Waals surface area contributed by atoms with E-state index in [4.69, 9.17) is 0 Å². The Kier molecular flexibility index (Phi) is 7.02. The molecule has 1 aromatic heterocycles. The number of benzene rings is 2. The van der Waals surface area contributed by atoms with Gasteiger partial charge in [0.25, 0.3) is 0 Å². The molecule has 1 heterocycles. The number of aromatic nitrogens is 2. The molecular weight excluding hydrogens is 391 g/mol. The second-order valence-corrected chi connectivity index (χ2v) is 7.38. The van der Waals surface area contributed by atoms with Gasteiger partial charge in [0.05, 0.1) is 23.9 Å². The predicted molar refractivity (Wildman–Crippen MR) is 112 cm³/mol. The molecule has 0 radical (unpaired) electrons. The lowest BCUT2D eigenvalue weighted by atomic mass is 10.1. The Labute approximate surface area is 172 Å². The first-order valence-electron chi connectivity index (χ1n) is 9.02. The molecule has 0 bridgehead atoms. The molecule has 8 heteroatoms. The number of amides is 2. The van der Waals surface area contributed by atoms with Gasteiger partial charge in [0.2, 0.25) is 11.8 Å². The quantitative estimate of drug-likeness (QED) is 0.593. The molecule has 2 amide bonds. The van der Waals surface area contributed by atoms with Crippen molar-refractivity contribution in [1.82, 2.24) is 14.9 Å². The molecule has 1 atom stereocenters. The van der Waals surface area contributed by atoms with Crippen LogP contribution in [0.4, 0.5) is 10.1 Å². The van der Waals surface area contributed by atoms with E-state index in [-0.39, 0.29) is 35.2 Å². The predicted octanol–water partition coefficient (Wildman–Crippen LogP) is 3.56. The fraction of sp³-hybridized carbons (Fsp3) is 0.190. The van der Waals surface area contributed by atoms with Crippen molar-refractivity contribution < 1.29 is 14.0 Å². The number of nitrogens with zero attached hydrogens (tertiary/aromatic N) is 2. The number of halogens is 1. The molecule has 0 spiro atoms. The zero-order valence-corrected chi connectivity index (χ0v) is 16.7. The summed E-state index contributed by atoms with van der Waals surface area (Å²) in [7, 11) is 0. The van der Waals surface area contributed by atoms with Crippen molar-refractivity contribution >= 4 is 29.3 Å². The van der Waals surface area contributed by atoms with Crippen LogP contribution < -0.4 is 10.6 Å². The van der Waals surface area contributed by atoms with Gasteiger partial charge in [0.15, 0.2) is 0 Å². The minimum atomic E-state index is -0.362. The molecule has 3 rings (SSSR count). The highest BCUT2D eigenvalue weighted by Gasteiger charge is 2.11. The standard InChI is InChI=1S/C21H21FN4O2S/c1-15(16-2-8-19(9-3-16)26-11-10-23-14-26)24-20(27)12-29-13-21(28)25-18-6-4-17(22)5-7-18/h2-11,14-15H,12-13H2,1H3,(H,24,27)(H,25,28). The van der Waals surface area contributed by atoms with Crippen molar-refractivity contribution in [3.8, 4) is 5.69 Å². The van der Waals surface area contributed by atoms with Crippen LogP contribution in [-0.4, -0.2) is 32.9 Å². The summed E-state index contributed by atoms with van der Waals surface area (Å²) in [6.07, 6.45) is 5.31. The maximum absolute atomic E-state index is 12.9. The number of carbonyl (C=O) groups excluding carboxylic acids is 2. The van der Waals surface area contributed by atoms with Crippen molar-refractivity contribution in [3.05, 3.63) is 78.6 Å². The lowest BCUT2D eigenvalue weighted by molar-refractivity contribution is -0.119. The van der Waals surface area contributed by atoms with E-state index in [9.17, 15) is 14.0 Å². The van der Waals surface area contributed by atoms with Crippen LogP contribution in [0.25, 0.3) is 5.69 Å². The number of nitrogens with one attached hydrogen (secondary N) is 2. The third-order valence-corrected chi connectivity index (χ3v) is 5.10. The van der Waals surface area contributed by atoms with Gasteiger partial charge in [-0.2, -0.15) is 0 Å². The molecule has 6 nitrogen and oxygen atoms in total. The molecule has 0 aliphatic carbocycles. The van der Waals surface area contributed by atoms with Gasteiger partial charge in [-0.05, 0) is 48.9 Å². The molecule has 0 saturated heterocycles. The van der Waals surface area contributed by atoms with Crippen LogP contribution in [0.1, 0.15) is 18.5 Å². The third kappa shape index (κ3) is 6.18. The summed E-state index contributed by atoms with van der Waals surface area (Å²) >= 11 is 1.22. The Morgan fingerprint density at radius 1 is 1.07 bits per heavy atom. The number of hydrogen-bond donors (Lipinski definition) is 2. The van der Waals surface area contributed by atoms with Crippen molar-refractivity contribution in [3.63, 3.8) is 0 Å². The highest BCUT2D eigenvalue weighted by atomic mass is 32.2. The monoisotopic (exact) mass is 412 g/mol. The molecule has 29 heavy (non-hydrogen) atoms. The average Bonchev–Trinajstić information content (AvgIpc) is 3.25. The fourth-order valence-corrected chi connectivity index (χ4v) is 3.31. The average molecular weight is 412 g/mol. The Hall–Kier alpha value is -3.13. The van der Waals surface area contributed by atoms with E-state index in [1.165, 1.54) is 36.0 Å². The Morgan fingerprint density at radius 3 is 2.41 bits per heavy atom. The maximum atomic E-state index is 12.9. The lowest BCUT2D eigenvalue weighted by Gasteiger charge is -2.15. The van der Waals surface area contributed by atoms with Crippen LogP contribution in [0, 0.1) is 5.82 Å². The molecule has 2 aromatic carbocycles. The van der Waals surface area contributed by atoms with Gasteiger partial charge >= 0.3 is 0 Å². The summed E-state index contributed by atoms with van der Waals surface area (Å²) in [5.74, 6) is -0.430.